The van der Waals surface area contributed by atoms with Crippen molar-refractivity contribution in [2.45, 2.75) is 31.1 Å². The number of halogens is 1. The Hall–Kier alpha value is -2.57. The smallest absolute Gasteiger partial charge is 0.150 e. The van der Waals surface area contributed by atoms with Gasteiger partial charge in [-0.3, -0.25) is 4.79 Å². The van der Waals surface area contributed by atoms with Gasteiger partial charge in [-0.25, -0.2) is 9.67 Å². The molecule has 29 heavy (non-hydrogen) atoms. The van der Waals surface area contributed by atoms with Gasteiger partial charge in [0.2, 0.25) is 0 Å². The SMILES string of the molecule is Cn1nnc2cc(C3(C(=O)Cc4ncc(Cc5ccccc5Cl)s4)CC3)ccc21. The van der Waals surface area contributed by atoms with E-state index in [1.165, 1.54) is 0 Å². The van der Waals surface area contributed by atoms with E-state index in [1.54, 1.807) is 16.0 Å². The molecule has 0 bridgehead atoms. The third kappa shape index (κ3) is 3.36. The molecule has 2 aromatic carbocycles. The van der Waals surface area contributed by atoms with Crippen LogP contribution in [0.1, 0.15) is 33.9 Å². The first-order chi connectivity index (χ1) is 14.0. The highest BCUT2D eigenvalue weighted by Crippen LogP contribution is 2.50. The molecule has 0 atom stereocenters. The topological polar surface area (TPSA) is 60.7 Å². The second-order valence-electron chi connectivity index (χ2n) is 7.59. The second-order valence-corrected chi connectivity index (χ2v) is 9.19. The quantitative estimate of drug-likeness (QED) is 0.458. The second kappa shape index (κ2) is 7.04. The molecule has 0 saturated heterocycles. The van der Waals surface area contributed by atoms with Crippen molar-refractivity contribution in [3.8, 4) is 0 Å². The number of aromatic nitrogens is 4. The number of nitrogens with zero attached hydrogens (tertiary/aromatic N) is 4. The lowest BCUT2D eigenvalue weighted by atomic mass is 9.89. The molecule has 5 nitrogen and oxygen atoms in total. The van der Waals surface area contributed by atoms with Crippen LogP contribution < -0.4 is 0 Å². The molecule has 2 aromatic heterocycles. The molecule has 4 aromatic rings. The maximum atomic E-state index is 13.2. The predicted octanol–water partition coefficient (Wildman–Crippen LogP) is 4.51. The van der Waals surface area contributed by atoms with Crippen LogP contribution in [0, 0.1) is 0 Å². The Kier molecular flexibility index (Phi) is 4.48. The predicted molar refractivity (Wildman–Crippen MR) is 115 cm³/mol. The highest BCUT2D eigenvalue weighted by atomic mass is 35.5. The molecule has 0 N–H and O–H groups in total. The Morgan fingerprint density at radius 3 is 2.86 bits per heavy atom. The first kappa shape index (κ1) is 18.5. The zero-order valence-electron chi connectivity index (χ0n) is 15.9. The van der Waals surface area contributed by atoms with E-state index in [0.29, 0.717) is 6.42 Å². The molecule has 2 heterocycles. The third-order valence-electron chi connectivity index (χ3n) is 5.68. The molecule has 0 unspecified atom stereocenters. The number of rotatable bonds is 6. The molecule has 0 amide bonds. The van der Waals surface area contributed by atoms with Gasteiger partial charge in [0.05, 0.1) is 17.4 Å². The van der Waals surface area contributed by atoms with Gasteiger partial charge in [0, 0.05) is 29.6 Å². The van der Waals surface area contributed by atoms with Crippen molar-refractivity contribution in [1.82, 2.24) is 20.0 Å². The lowest BCUT2D eigenvalue weighted by Gasteiger charge is -2.13. The highest BCUT2D eigenvalue weighted by molar-refractivity contribution is 7.11. The van der Waals surface area contributed by atoms with Crippen LogP contribution in [-0.4, -0.2) is 25.8 Å². The molecule has 1 aliphatic rings. The maximum Gasteiger partial charge on any atom is 0.150 e. The number of fused-ring (bicyclic) bond motifs is 1. The van der Waals surface area contributed by atoms with Gasteiger partial charge in [-0.1, -0.05) is 41.1 Å². The van der Waals surface area contributed by atoms with Gasteiger partial charge in [0.1, 0.15) is 16.3 Å². The molecule has 0 spiro atoms. The number of benzene rings is 2. The average molecular weight is 423 g/mol. The lowest BCUT2D eigenvalue weighted by Crippen LogP contribution is -2.22. The minimum absolute atomic E-state index is 0.236. The van der Waals surface area contributed by atoms with Gasteiger partial charge < -0.3 is 0 Å². The summed E-state index contributed by atoms with van der Waals surface area (Å²) in [5.74, 6) is 0.236. The minimum Gasteiger partial charge on any atom is -0.298 e. The zero-order chi connectivity index (χ0) is 20.0. The van der Waals surface area contributed by atoms with Gasteiger partial charge in [0.15, 0.2) is 0 Å². The first-order valence-electron chi connectivity index (χ1n) is 9.55. The molecule has 146 valence electrons. The summed E-state index contributed by atoms with van der Waals surface area (Å²) < 4.78 is 1.75. The average Bonchev–Trinajstić information content (AvgIpc) is 3.30. The van der Waals surface area contributed by atoms with Gasteiger partial charge >= 0.3 is 0 Å². The summed E-state index contributed by atoms with van der Waals surface area (Å²) in [6, 6.07) is 13.9. The summed E-state index contributed by atoms with van der Waals surface area (Å²) in [4.78, 5) is 18.8. The number of hydrogen-bond acceptors (Lipinski definition) is 5. The lowest BCUT2D eigenvalue weighted by molar-refractivity contribution is -0.120. The van der Waals surface area contributed by atoms with Crippen LogP contribution >= 0.6 is 22.9 Å². The van der Waals surface area contributed by atoms with Crippen molar-refractivity contribution in [3.63, 3.8) is 0 Å². The summed E-state index contributed by atoms with van der Waals surface area (Å²) in [6.45, 7) is 0. The van der Waals surface area contributed by atoms with Crippen molar-refractivity contribution >= 4 is 39.8 Å². The van der Waals surface area contributed by atoms with Crippen LogP contribution in [0.2, 0.25) is 5.02 Å². The van der Waals surface area contributed by atoms with E-state index >= 15 is 0 Å². The molecule has 1 fully saturated rings. The highest BCUT2D eigenvalue weighted by Gasteiger charge is 2.50. The number of carbonyl (C=O) groups excluding carboxylic acids is 1. The summed E-state index contributed by atoms with van der Waals surface area (Å²) in [6.07, 6.45) is 4.73. The molecule has 5 rings (SSSR count). The van der Waals surface area contributed by atoms with E-state index in [2.05, 4.69) is 15.3 Å². The fourth-order valence-corrected chi connectivity index (χ4v) is 4.99. The first-order valence-corrected chi connectivity index (χ1v) is 10.7. The Balaban J connectivity index is 1.33. The van der Waals surface area contributed by atoms with Crippen LogP contribution in [0.3, 0.4) is 0 Å². The number of carbonyl (C=O) groups is 1. The van der Waals surface area contributed by atoms with E-state index in [9.17, 15) is 4.79 Å². The van der Waals surface area contributed by atoms with Crippen molar-refractivity contribution < 1.29 is 4.79 Å². The fraction of sp³-hybridized carbons (Fsp3) is 0.273. The van der Waals surface area contributed by atoms with Crippen LogP contribution in [-0.2, 0) is 30.1 Å². The molecular formula is C22H19ClN4OS. The Bertz CT molecular complexity index is 1220. The molecule has 1 aliphatic carbocycles. The van der Waals surface area contributed by atoms with Crippen molar-refractivity contribution in [2.75, 3.05) is 0 Å². The van der Waals surface area contributed by atoms with Gasteiger partial charge in [-0.05, 0) is 42.2 Å². The van der Waals surface area contributed by atoms with Crippen molar-refractivity contribution in [1.29, 1.82) is 0 Å². The number of aryl methyl sites for hydroxylation is 1. The van der Waals surface area contributed by atoms with E-state index in [0.717, 1.165) is 56.3 Å². The summed E-state index contributed by atoms with van der Waals surface area (Å²) in [7, 11) is 1.87. The number of ketones is 1. The summed E-state index contributed by atoms with van der Waals surface area (Å²) in [5, 5.41) is 9.88. The van der Waals surface area contributed by atoms with Crippen LogP contribution in [0.5, 0.6) is 0 Å². The Morgan fingerprint density at radius 1 is 1.24 bits per heavy atom. The van der Waals surface area contributed by atoms with Crippen LogP contribution in [0.15, 0.2) is 48.7 Å². The number of hydrogen-bond donors (Lipinski definition) is 0. The zero-order valence-corrected chi connectivity index (χ0v) is 17.5. The standard InChI is InChI=1S/C22H19ClN4OS/c1-27-19-7-6-15(11-18(19)25-26-27)22(8-9-22)20(28)12-21-24-13-16(29-21)10-14-4-2-3-5-17(14)23/h2-7,11,13H,8-10,12H2,1H3. The van der Waals surface area contributed by atoms with Gasteiger partial charge in [-0.15, -0.1) is 16.4 Å². The largest absolute Gasteiger partial charge is 0.298 e. The van der Waals surface area contributed by atoms with E-state index < -0.39 is 0 Å². The molecule has 1 saturated carbocycles. The van der Waals surface area contributed by atoms with Crippen molar-refractivity contribution in [3.05, 3.63) is 74.7 Å². The van der Waals surface area contributed by atoms with E-state index in [1.807, 2.05) is 55.7 Å². The molecule has 0 aliphatic heterocycles. The van der Waals surface area contributed by atoms with E-state index in [4.69, 9.17) is 11.6 Å². The normalized spacial score (nSPS) is 15.0. The summed E-state index contributed by atoms with van der Waals surface area (Å²) in [5.41, 5.74) is 3.54. The fourth-order valence-electron chi connectivity index (χ4n) is 3.84. The minimum atomic E-state index is -0.389. The van der Waals surface area contributed by atoms with Crippen LogP contribution in [0.25, 0.3) is 11.0 Å². The Labute approximate surface area is 177 Å². The number of thiazole rings is 1. The maximum absolute atomic E-state index is 13.2. The van der Waals surface area contributed by atoms with Crippen molar-refractivity contribution in [2.24, 2.45) is 7.05 Å². The molecular weight excluding hydrogens is 404 g/mol. The van der Waals surface area contributed by atoms with E-state index in [-0.39, 0.29) is 11.2 Å². The van der Waals surface area contributed by atoms with Gasteiger partial charge in [0.25, 0.3) is 0 Å². The van der Waals surface area contributed by atoms with Gasteiger partial charge in [-0.2, -0.15) is 0 Å². The third-order valence-corrected chi connectivity index (χ3v) is 7.05. The summed E-state index contributed by atoms with van der Waals surface area (Å²) >= 11 is 7.86. The molecule has 0 radical (unpaired) electrons. The molecule has 7 heteroatoms. The number of Topliss-reactive ketones (excluding diaryl/α,β-unsaturated/α-hetero) is 1. The Morgan fingerprint density at radius 2 is 2.07 bits per heavy atom. The van der Waals surface area contributed by atoms with Crippen LogP contribution in [0.4, 0.5) is 0 Å². The monoisotopic (exact) mass is 422 g/mol.